The van der Waals surface area contributed by atoms with Crippen molar-refractivity contribution in [2.75, 3.05) is 20.2 Å². The number of benzene rings is 1. The first kappa shape index (κ1) is 13.0. The van der Waals surface area contributed by atoms with Gasteiger partial charge in [-0.05, 0) is 18.9 Å². The molecule has 1 saturated heterocycles. The van der Waals surface area contributed by atoms with Crippen molar-refractivity contribution >= 4 is 6.09 Å². The van der Waals surface area contributed by atoms with E-state index in [0.29, 0.717) is 12.0 Å². The molecule has 0 saturated carbocycles. The fourth-order valence-electron chi connectivity index (χ4n) is 3.19. The Morgan fingerprint density at radius 3 is 2.80 bits per heavy atom. The lowest BCUT2D eigenvalue weighted by Gasteiger charge is -2.28. The Labute approximate surface area is 119 Å². The first-order valence-corrected chi connectivity index (χ1v) is 7.08. The molecule has 1 aromatic carbocycles. The maximum atomic E-state index is 11.6. The lowest BCUT2D eigenvalue weighted by Crippen LogP contribution is -2.26. The second kappa shape index (κ2) is 5.19. The summed E-state index contributed by atoms with van der Waals surface area (Å²) in [5.74, 6) is 0.459. The van der Waals surface area contributed by atoms with Crippen molar-refractivity contribution in [3.63, 3.8) is 0 Å². The van der Waals surface area contributed by atoms with E-state index < -0.39 is 0 Å². The Kier molecular flexibility index (Phi) is 3.38. The Balaban J connectivity index is 1.80. The smallest absolute Gasteiger partial charge is 0.413 e. The van der Waals surface area contributed by atoms with E-state index >= 15 is 0 Å². The third-order valence-electron chi connectivity index (χ3n) is 4.33. The van der Waals surface area contributed by atoms with E-state index in [9.17, 15) is 4.79 Å². The van der Waals surface area contributed by atoms with E-state index in [-0.39, 0.29) is 6.09 Å². The first-order chi connectivity index (χ1) is 9.70. The van der Waals surface area contributed by atoms with E-state index in [1.165, 1.54) is 18.4 Å². The van der Waals surface area contributed by atoms with Crippen LogP contribution in [-0.4, -0.2) is 36.1 Å². The summed E-state index contributed by atoms with van der Waals surface area (Å²) in [6.45, 7) is 4.03. The molecule has 2 aliphatic heterocycles. The zero-order valence-corrected chi connectivity index (χ0v) is 12.0. The van der Waals surface area contributed by atoms with Gasteiger partial charge >= 0.3 is 6.09 Å². The van der Waals surface area contributed by atoms with Crippen molar-refractivity contribution in [3.8, 4) is 0 Å². The summed E-state index contributed by atoms with van der Waals surface area (Å²) in [6, 6.07) is 10.8. The monoisotopic (exact) mass is 272 g/mol. The van der Waals surface area contributed by atoms with Crippen LogP contribution in [-0.2, 0) is 4.74 Å². The maximum absolute atomic E-state index is 11.6. The molecule has 4 heteroatoms. The lowest BCUT2D eigenvalue weighted by atomic mass is 10.1. The standard InChI is InChI=1S/C16H20N2O2/c1-12(13-6-4-3-5-7-13)18-9-8-14-10-17(11-15(14)18)16(19)20-2/h3-7,11-12,14H,8-10H2,1-2H3. The van der Waals surface area contributed by atoms with Crippen LogP contribution in [0, 0.1) is 5.92 Å². The number of carbonyl (C=O) groups is 1. The molecule has 2 heterocycles. The second-order valence-electron chi connectivity index (χ2n) is 5.44. The summed E-state index contributed by atoms with van der Waals surface area (Å²) in [5.41, 5.74) is 2.58. The summed E-state index contributed by atoms with van der Waals surface area (Å²) in [6.07, 6.45) is 2.80. The largest absolute Gasteiger partial charge is 0.452 e. The van der Waals surface area contributed by atoms with E-state index in [2.05, 4.69) is 36.1 Å². The number of fused-ring (bicyclic) bond motifs is 1. The van der Waals surface area contributed by atoms with Gasteiger partial charge in [0.25, 0.3) is 0 Å². The maximum Gasteiger partial charge on any atom is 0.413 e. The SMILES string of the molecule is COC(=O)N1C=C2C(CCN2C(C)c2ccccc2)C1. The molecule has 2 atom stereocenters. The van der Waals surface area contributed by atoms with Crippen LogP contribution < -0.4 is 0 Å². The van der Waals surface area contributed by atoms with Gasteiger partial charge in [0.1, 0.15) is 0 Å². The van der Waals surface area contributed by atoms with Crippen molar-refractivity contribution in [2.45, 2.75) is 19.4 Å². The van der Waals surface area contributed by atoms with Gasteiger partial charge in [-0.15, -0.1) is 0 Å². The van der Waals surface area contributed by atoms with Crippen LogP contribution in [0.25, 0.3) is 0 Å². The molecule has 0 aromatic heterocycles. The van der Waals surface area contributed by atoms with Crippen LogP contribution in [0.2, 0.25) is 0 Å². The minimum Gasteiger partial charge on any atom is -0.452 e. The molecule has 0 N–H and O–H groups in total. The minimum absolute atomic E-state index is 0.265. The summed E-state index contributed by atoms with van der Waals surface area (Å²) in [5, 5.41) is 0. The molecule has 106 valence electrons. The highest BCUT2D eigenvalue weighted by Crippen LogP contribution is 2.39. The molecule has 1 amide bonds. The van der Waals surface area contributed by atoms with Crippen LogP contribution in [0.4, 0.5) is 4.79 Å². The molecule has 1 fully saturated rings. The van der Waals surface area contributed by atoms with Crippen LogP contribution in [0.5, 0.6) is 0 Å². The van der Waals surface area contributed by atoms with Gasteiger partial charge in [-0.3, -0.25) is 4.90 Å². The Morgan fingerprint density at radius 2 is 2.10 bits per heavy atom. The highest BCUT2D eigenvalue weighted by atomic mass is 16.5. The molecule has 1 aromatic rings. The highest BCUT2D eigenvalue weighted by molar-refractivity contribution is 5.69. The number of amides is 1. The number of hydrogen-bond donors (Lipinski definition) is 0. The molecule has 4 nitrogen and oxygen atoms in total. The molecule has 0 spiro atoms. The number of likely N-dealkylation sites (tertiary alicyclic amines) is 1. The van der Waals surface area contributed by atoms with Gasteiger partial charge in [-0.2, -0.15) is 0 Å². The van der Waals surface area contributed by atoms with Crippen LogP contribution in [0.1, 0.15) is 24.9 Å². The normalized spacial score (nSPS) is 22.5. The van der Waals surface area contributed by atoms with Crippen molar-refractivity contribution in [3.05, 3.63) is 47.8 Å². The summed E-state index contributed by atoms with van der Waals surface area (Å²) < 4.78 is 4.80. The molecule has 0 bridgehead atoms. The topological polar surface area (TPSA) is 32.8 Å². The zero-order chi connectivity index (χ0) is 14.1. The molecule has 0 radical (unpaired) electrons. The number of carbonyl (C=O) groups excluding carboxylic acids is 1. The van der Waals surface area contributed by atoms with Crippen molar-refractivity contribution in [1.82, 2.24) is 9.80 Å². The second-order valence-corrected chi connectivity index (χ2v) is 5.44. The Hall–Kier alpha value is -1.97. The molecule has 20 heavy (non-hydrogen) atoms. The Bertz CT molecular complexity index is 527. The molecule has 0 aliphatic carbocycles. The third kappa shape index (κ3) is 2.15. The molecular formula is C16H20N2O2. The molecule has 3 rings (SSSR count). The van der Waals surface area contributed by atoms with Crippen molar-refractivity contribution < 1.29 is 9.53 Å². The van der Waals surface area contributed by atoms with Crippen LogP contribution in [0.15, 0.2) is 42.2 Å². The number of rotatable bonds is 2. The fourth-order valence-corrected chi connectivity index (χ4v) is 3.19. The zero-order valence-electron chi connectivity index (χ0n) is 12.0. The van der Waals surface area contributed by atoms with Gasteiger partial charge < -0.3 is 9.64 Å². The van der Waals surface area contributed by atoms with Gasteiger partial charge in [-0.25, -0.2) is 4.79 Å². The van der Waals surface area contributed by atoms with Gasteiger partial charge in [0.2, 0.25) is 0 Å². The summed E-state index contributed by atoms with van der Waals surface area (Å²) in [4.78, 5) is 15.7. The average Bonchev–Trinajstić information content (AvgIpc) is 3.06. The predicted octanol–water partition coefficient (Wildman–Crippen LogP) is 2.99. The van der Waals surface area contributed by atoms with Gasteiger partial charge in [0.15, 0.2) is 0 Å². The van der Waals surface area contributed by atoms with Crippen LogP contribution in [0.3, 0.4) is 0 Å². The van der Waals surface area contributed by atoms with Gasteiger partial charge in [-0.1, -0.05) is 30.3 Å². The third-order valence-corrected chi connectivity index (χ3v) is 4.33. The molecular weight excluding hydrogens is 252 g/mol. The lowest BCUT2D eigenvalue weighted by molar-refractivity contribution is 0.140. The van der Waals surface area contributed by atoms with E-state index in [1.807, 2.05) is 12.3 Å². The molecule has 2 aliphatic rings. The number of nitrogens with zero attached hydrogens (tertiary/aromatic N) is 2. The minimum atomic E-state index is -0.265. The number of ether oxygens (including phenoxy) is 1. The average molecular weight is 272 g/mol. The van der Waals surface area contributed by atoms with Crippen molar-refractivity contribution in [1.29, 1.82) is 0 Å². The highest BCUT2D eigenvalue weighted by Gasteiger charge is 2.38. The van der Waals surface area contributed by atoms with E-state index in [1.54, 1.807) is 4.90 Å². The fraction of sp³-hybridized carbons (Fsp3) is 0.438. The van der Waals surface area contributed by atoms with E-state index in [0.717, 1.165) is 19.5 Å². The van der Waals surface area contributed by atoms with E-state index in [4.69, 9.17) is 4.74 Å². The quantitative estimate of drug-likeness (QED) is 0.829. The predicted molar refractivity (Wildman–Crippen MR) is 76.9 cm³/mol. The number of hydrogen-bond acceptors (Lipinski definition) is 3. The first-order valence-electron chi connectivity index (χ1n) is 7.08. The summed E-state index contributed by atoms with van der Waals surface area (Å²) >= 11 is 0. The molecule has 2 unspecified atom stereocenters. The summed E-state index contributed by atoms with van der Waals surface area (Å²) in [7, 11) is 1.43. The van der Waals surface area contributed by atoms with Gasteiger partial charge in [0.05, 0.1) is 13.2 Å². The van der Waals surface area contributed by atoms with Gasteiger partial charge in [0, 0.05) is 30.9 Å². The number of methoxy groups -OCH3 is 1. The van der Waals surface area contributed by atoms with Crippen molar-refractivity contribution in [2.24, 2.45) is 5.92 Å². The van der Waals surface area contributed by atoms with Crippen LogP contribution >= 0.6 is 0 Å². The Morgan fingerprint density at radius 1 is 1.35 bits per heavy atom.